The smallest absolute Gasteiger partial charge is 0.232 e. The summed E-state index contributed by atoms with van der Waals surface area (Å²) in [5.41, 5.74) is 1.31. The van der Waals surface area contributed by atoms with Gasteiger partial charge in [-0.15, -0.1) is 0 Å². The largest absolute Gasteiger partial charge is 0.370 e. The molecule has 4 heterocycles. The molecule has 0 N–H and O–H groups in total. The van der Waals surface area contributed by atoms with Crippen molar-refractivity contribution in [1.29, 1.82) is 0 Å². The molecule has 5 fully saturated rings. The summed E-state index contributed by atoms with van der Waals surface area (Å²) in [4.78, 5) is 35.3. The van der Waals surface area contributed by atoms with Crippen LogP contribution in [-0.4, -0.2) is 73.0 Å². The lowest BCUT2D eigenvalue weighted by Crippen LogP contribution is -2.55. The van der Waals surface area contributed by atoms with E-state index in [1.165, 1.54) is 25.8 Å². The number of likely N-dealkylation sites (tertiary alicyclic amines) is 2. The standard InChI is InChI=1S/C30H43FN4O2/c1-21-6-5-14-34(21)25-13-16-32(19-25)24-9-10-28(27(31)18-24)35-17-12-22-11-15-33(20-26(22)30(35)37)29(36)23-7-3-2-4-8-23/h9-10,18,21-23,25-26H,2-8,11-17,19-20H2,1H3/t21-,22?,25-,26?/m0/s1. The number of hydrogen-bond acceptors (Lipinski definition) is 4. The maximum Gasteiger partial charge on any atom is 0.232 e. The first-order valence-corrected chi connectivity index (χ1v) is 14.9. The first-order valence-electron chi connectivity index (χ1n) is 14.9. The van der Waals surface area contributed by atoms with Crippen LogP contribution in [0.3, 0.4) is 0 Å². The summed E-state index contributed by atoms with van der Waals surface area (Å²) < 4.78 is 15.5. The summed E-state index contributed by atoms with van der Waals surface area (Å²) >= 11 is 0. The van der Waals surface area contributed by atoms with Crippen LogP contribution in [0.15, 0.2) is 18.2 Å². The first kappa shape index (κ1) is 25.1. The van der Waals surface area contributed by atoms with Gasteiger partial charge in [-0.1, -0.05) is 19.3 Å². The number of carbonyl (C=O) groups excluding carboxylic acids is 2. The second-order valence-corrected chi connectivity index (χ2v) is 12.3. The molecule has 0 bridgehead atoms. The number of fused-ring (bicyclic) bond motifs is 1. The van der Waals surface area contributed by atoms with Gasteiger partial charge in [0.05, 0.1) is 11.6 Å². The van der Waals surface area contributed by atoms with Crippen molar-refractivity contribution in [2.75, 3.05) is 49.1 Å². The van der Waals surface area contributed by atoms with Crippen LogP contribution in [0, 0.1) is 23.6 Å². The Morgan fingerprint density at radius 3 is 2.46 bits per heavy atom. The minimum absolute atomic E-state index is 0.00620. The summed E-state index contributed by atoms with van der Waals surface area (Å²) in [7, 11) is 0. The molecule has 4 saturated heterocycles. The fourth-order valence-corrected chi connectivity index (χ4v) is 7.93. The predicted molar refractivity (Wildman–Crippen MR) is 144 cm³/mol. The molecule has 2 unspecified atom stereocenters. The summed E-state index contributed by atoms with van der Waals surface area (Å²) in [6.45, 7) is 7.21. The topological polar surface area (TPSA) is 47.1 Å². The monoisotopic (exact) mass is 510 g/mol. The summed E-state index contributed by atoms with van der Waals surface area (Å²) in [5.74, 6) is 0.142. The minimum atomic E-state index is -0.312. The Hall–Kier alpha value is -2.15. The van der Waals surface area contributed by atoms with E-state index < -0.39 is 0 Å². The Labute approximate surface area is 221 Å². The molecule has 1 saturated carbocycles. The van der Waals surface area contributed by atoms with E-state index in [4.69, 9.17) is 0 Å². The molecular formula is C30H43FN4O2. The molecule has 6 nitrogen and oxygen atoms in total. The van der Waals surface area contributed by atoms with Gasteiger partial charge < -0.3 is 14.7 Å². The second kappa shape index (κ2) is 10.5. The van der Waals surface area contributed by atoms with Gasteiger partial charge in [0.1, 0.15) is 5.82 Å². The van der Waals surface area contributed by atoms with Crippen molar-refractivity contribution < 1.29 is 14.0 Å². The molecular weight excluding hydrogens is 467 g/mol. The molecule has 1 aliphatic carbocycles. The first-order chi connectivity index (χ1) is 18.0. The Morgan fingerprint density at radius 1 is 0.892 bits per heavy atom. The van der Waals surface area contributed by atoms with Crippen molar-refractivity contribution >= 4 is 23.2 Å². The third-order valence-electron chi connectivity index (χ3n) is 10.2. The van der Waals surface area contributed by atoms with Crippen LogP contribution in [-0.2, 0) is 9.59 Å². The molecule has 1 aromatic rings. The van der Waals surface area contributed by atoms with E-state index in [1.54, 1.807) is 11.0 Å². The zero-order valence-corrected chi connectivity index (χ0v) is 22.4. The summed E-state index contributed by atoms with van der Waals surface area (Å²) in [6, 6.07) is 6.62. The highest BCUT2D eigenvalue weighted by Crippen LogP contribution is 2.38. The molecule has 0 spiro atoms. The SMILES string of the molecule is C[C@H]1CCCN1[C@H]1CCN(c2ccc(N3CCC4CCN(C(=O)C5CCCCC5)CC4C3=O)c(F)c2)C1. The normalized spacial score (nSPS) is 31.7. The number of benzene rings is 1. The third-order valence-corrected chi connectivity index (χ3v) is 10.2. The summed E-state index contributed by atoms with van der Waals surface area (Å²) in [5, 5.41) is 0. The molecule has 202 valence electrons. The lowest BCUT2D eigenvalue weighted by molar-refractivity contribution is -0.142. The van der Waals surface area contributed by atoms with Crippen LogP contribution in [0.5, 0.6) is 0 Å². The molecule has 5 aliphatic rings. The Morgan fingerprint density at radius 2 is 1.70 bits per heavy atom. The Kier molecular flexibility index (Phi) is 7.17. The molecule has 1 aromatic carbocycles. The van der Waals surface area contributed by atoms with E-state index in [-0.39, 0.29) is 29.5 Å². The Balaban J connectivity index is 1.12. The number of amides is 2. The predicted octanol–water partition coefficient (Wildman–Crippen LogP) is 4.67. The average Bonchev–Trinajstić information content (AvgIpc) is 3.58. The number of hydrogen-bond donors (Lipinski definition) is 0. The Bertz CT molecular complexity index is 1010. The highest BCUT2D eigenvalue weighted by Gasteiger charge is 2.43. The van der Waals surface area contributed by atoms with E-state index in [2.05, 4.69) is 16.7 Å². The van der Waals surface area contributed by atoms with Gasteiger partial charge in [0, 0.05) is 56.4 Å². The second-order valence-electron chi connectivity index (χ2n) is 12.3. The quantitative estimate of drug-likeness (QED) is 0.591. The van der Waals surface area contributed by atoms with E-state index in [9.17, 15) is 9.59 Å². The zero-order valence-electron chi connectivity index (χ0n) is 22.4. The fraction of sp³-hybridized carbons (Fsp3) is 0.733. The molecule has 6 rings (SSSR count). The van der Waals surface area contributed by atoms with Crippen LogP contribution in [0.25, 0.3) is 0 Å². The van der Waals surface area contributed by atoms with Gasteiger partial charge in [0.15, 0.2) is 0 Å². The highest BCUT2D eigenvalue weighted by atomic mass is 19.1. The van der Waals surface area contributed by atoms with Crippen LogP contribution in [0.4, 0.5) is 15.8 Å². The molecule has 7 heteroatoms. The number of halogens is 1. The van der Waals surface area contributed by atoms with Gasteiger partial charge in [0.2, 0.25) is 11.8 Å². The fourth-order valence-electron chi connectivity index (χ4n) is 7.93. The van der Waals surface area contributed by atoms with Gasteiger partial charge >= 0.3 is 0 Å². The van der Waals surface area contributed by atoms with Gasteiger partial charge in [-0.2, -0.15) is 0 Å². The number of anilines is 2. The highest BCUT2D eigenvalue weighted by molar-refractivity contribution is 5.97. The maximum absolute atomic E-state index is 15.5. The van der Waals surface area contributed by atoms with Crippen molar-refractivity contribution in [1.82, 2.24) is 9.80 Å². The molecule has 4 atom stereocenters. The van der Waals surface area contributed by atoms with Crippen molar-refractivity contribution in [3.05, 3.63) is 24.0 Å². The number of carbonyl (C=O) groups is 2. The molecule has 37 heavy (non-hydrogen) atoms. The van der Waals surface area contributed by atoms with E-state index in [1.807, 2.05) is 17.0 Å². The number of nitrogens with zero attached hydrogens (tertiary/aromatic N) is 4. The average molecular weight is 511 g/mol. The zero-order chi connectivity index (χ0) is 25.5. The summed E-state index contributed by atoms with van der Waals surface area (Å²) in [6.07, 6.45) is 10.9. The minimum Gasteiger partial charge on any atom is -0.370 e. The van der Waals surface area contributed by atoms with E-state index >= 15 is 4.39 Å². The van der Waals surface area contributed by atoms with Gasteiger partial charge in [-0.25, -0.2) is 4.39 Å². The number of piperidine rings is 2. The lowest BCUT2D eigenvalue weighted by atomic mass is 9.78. The van der Waals surface area contributed by atoms with Crippen LogP contribution in [0.1, 0.15) is 71.1 Å². The third kappa shape index (κ3) is 4.88. The van der Waals surface area contributed by atoms with Crippen LogP contribution in [0.2, 0.25) is 0 Å². The molecule has 0 aromatic heterocycles. The molecule has 4 aliphatic heterocycles. The van der Waals surface area contributed by atoms with E-state index in [0.29, 0.717) is 36.8 Å². The number of rotatable bonds is 4. The van der Waals surface area contributed by atoms with Gasteiger partial charge in [-0.05, 0) is 82.5 Å². The molecule has 2 amide bonds. The van der Waals surface area contributed by atoms with E-state index in [0.717, 1.165) is 70.3 Å². The maximum atomic E-state index is 15.5. The van der Waals surface area contributed by atoms with Gasteiger partial charge in [-0.3, -0.25) is 14.5 Å². The van der Waals surface area contributed by atoms with Crippen LogP contribution >= 0.6 is 0 Å². The van der Waals surface area contributed by atoms with Crippen molar-refractivity contribution in [2.45, 2.75) is 83.2 Å². The van der Waals surface area contributed by atoms with Gasteiger partial charge in [0.25, 0.3) is 0 Å². The van der Waals surface area contributed by atoms with Crippen molar-refractivity contribution in [3.8, 4) is 0 Å². The van der Waals surface area contributed by atoms with Crippen molar-refractivity contribution in [2.24, 2.45) is 17.8 Å². The van der Waals surface area contributed by atoms with Crippen LogP contribution < -0.4 is 9.80 Å². The lowest BCUT2D eigenvalue weighted by Gasteiger charge is -2.45. The molecule has 0 radical (unpaired) electrons. The van der Waals surface area contributed by atoms with Crippen molar-refractivity contribution in [3.63, 3.8) is 0 Å².